The highest BCUT2D eigenvalue weighted by Crippen LogP contribution is 2.37. The Bertz CT molecular complexity index is 515. The van der Waals surface area contributed by atoms with E-state index >= 15 is 0 Å². The van der Waals surface area contributed by atoms with E-state index in [1.165, 1.54) is 0 Å². The molecular formula is C14H19BClNO3. The Morgan fingerprint density at radius 2 is 1.80 bits per heavy atom. The molecular weight excluding hydrogens is 276 g/mol. The molecule has 4 nitrogen and oxygen atoms in total. The summed E-state index contributed by atoms with van der Waals surface area (Å²) in [6, 6.07) is 3.57. The maximum absolute atomic E-state index is 6.02. The van der Waals surface area contributed by atoms with Crippen LogP contribution in [0.1, 0.15) is 40.5 Å². The van der Waals surface area contributed by atoms with Crippen LogP contribution in [0.3, 0.4) is 0 Å². The van der Waals surface area contributed by atoms with Crippen LogP contribution < -0.4 is 10.3 Å². The van der Waals surface area contributed by atoms with E-state index < -0.39 is 18.3 Å². The van der Waals surface area contributed by atoms with Gasteiger partial charge in [0.2, 0.25) is 0 Å². The van der Waals surface area contributed by atoms with E-state index in [0.717, 1.165) is 12.8 Å². The Hall–Kier alpha value is -0.775. The van der Waals surface area contributed by atoms with Crippen molar-refractivity contribution in [2.45, 2.75) is 57.8 Å². The second-order valence-corrected chi connectivity index (χ2v) is 6.81. The van der Waals surface area contributed by atoms with Gasteiger partial charge >= 0.3 is 7.12 Å². The first-order valence-electron chi connectivity index (χ1n) is 6.97. The number of ether oxygens (including phenoxy) is 1. The zero-order chi connectivity index (χ0) is 14.5. The van der Waals surface area contributed by atoms with Crippen LogP contribution in [0.5, 0.6) is 5.75 Å². The van der Waals surface area contributed by atoms with Crippen molar-refractivity contribution >= 4 is 24.3 Å². The van der Waals surface area contributed by atoms with E-state index in [-0.39, 0.29) is 0 Å². The minimum atomic E-state index is -0.549. The Balaban J connectivity index is 1.91. The molecule has 1 saturated carbocycles. The van der Waals surface area contributed by atoms with Gasteiger partial charge in [-0.3, -0.25) is 0 Å². The minimum absolute atomic E-state index is 0.291. The molecule has 1 aromatic heterocycles. The normalized spacial score (nSPS) is 23.9. The van der Waals surface area contributed by atoms with Crippen molar-refractivity contribution in [1.82, 2.24) is 4.98 Å². The van der Waals surface area contributed by atoms with Crippen molar-refractivity contribution < 1.29 is 14.0 Å². The van der Waals surface area contributed by atoms with Crippen LogP contribution in [-0.2, 0) is 9.31 Å². The molecule has 0 atom stereocenters. The first-order chi connectivity index (χ1) is 9.28. The summed E-state index contributed by atoms with van der Waals surface area (Å²) < 4.78 is 17.9. The SMILES string of the molecule is CC1(C)OB(c2nc(Cl)ccc2OC2CC2)OC1(C)C. The second kappa shape index (κ2) is 4.62. The summed E-state index contributed by atoms with van der Waals surface area (Å²) in [4.78, 5) is 4.36. The van der Waals surface area contributed by atoms with Gasteiger partial charge in [0.15, 0.2) is 0 Å². The first kappa shape index (κ1) is 14.2. The maximum Gasteiger partial charge on any atom is 0.518 e. The van der Waals surface area contributed by atoms with Crippen LogP contribution in [-0.4, -0.2) is 29.4 Å². The molecule has 0 spiro atoms. The molecule has 0 aromatic carbocycles. The fourth-order valence-electron chi connectivity index (χ4n) is 2.03. The van der Waals surface area contributed by atoms with E-state index in [1.54, 1.807) is 6.07 Å². The maximum atomic E-state index is 6.02. The van der Waals surface area contributed by atoms with Gasteiger partial charge in [0.1, 0.15) is 16.5 Å². The third-order valence-corrected chi connectivity index (χ3v) is 4.36. The molecule has 0 N–H and O–H groups in total. The van der Waals surface area contributed by atoms with E-state index in [0.29, 0.717) is 22.6 Å². The Morgan fingerprint density at radius 1 is 1.20 bits per heavy atom. The summed E-state index contributed by atoms with van der Waals surface area (Å²) >= 11 is 6.01. The highest BCUT2D eigenvalue weighted by molar-refractivity contribution is 6.62. The first-order valence-corrected chi connectivity index (χ1v) is 7.35. The average molecular weight is 296 g/mol. The zero-order valence-corrected chi connectivity index (χ0v) is 13.0. The summed E-state index contributed by atoms with van der Waals surface area (Å²) in [5.74, 6) is 0.704. The van der Waals surface area contributed by atoms with Gasteiger partial charge in [-0.05, 0) is 52.7 Å². The van der Waals surface area contributed by atoms with Crippen LogP contribution in [0.2, 0.25) is 5.15 Å². The average Bonchev–Trinajstić information content (AvgIpc) is 3.10. The fraction of sp³-hybridized carbons (Fsp3) is 0.643. The monoisotopic (exact) mass is 295 g/mol. The molecule has 6 heteroatoms. The van der Waals surface area contributed by atoms with Crippen molar-refractivity contribution in [3.8, 4) is 5.75 Å². The molecule has 0 radical (unpaired) electrons. The third-order valence-electron chi connectivity index (χ3n) is 4.15. The highest BCUT2D eigenvalue weighted by atomic mass is 35.5. The van der Waals surface area contributed by atoms with E-state index in [9.17, 15) is 0 Å². The van der Waals surface area contributed by atoms with Crippen molar-refractivity contribution in [3.05, 3.63) is 17.3 Å². The minimum Gasteiger partial charge on any atom is -0.489 e. The number of pyridine rings is 1. The van der Waals surface area contributed by atoms with Gasteiger partial charge < -0.3 is 14.0 Å². The molecule has 1 aliphatic heterocycles. The molecule has 2 heterocycles. The third kappa shape index (κ3) is 2.54. The van der Waals surface area contributed by atoms with Crippen molar-refractivity contribution in [1.29, 1.82) is 0 Å². The van der Waals surface area contributed by atoms with Gasteiger partial charge in [0.05, 0.1) is 17.3 Å². The van der Waals surface area contributed by atoms with Gasteiger partial charge in [-0.2, -0.15) is 0 Å². The number of halogens is 1. The number of nitrogens with zero attached hydrogens (tertiary/aromatic N) is 1. The van der Waals surface area contributed by atoms with Gasteiger partial charge in [0.25, 0.3) is 0 Å². The predicted molar refractivity (Wildman–Crippen MR) is 78.6 cm³/mol. The molecule has 1 saturated heterocycles. The van der Waals surface area contributed by atoms with Crippen LogP contribution in [0.15, 0.2) is 12.1 Å². The summed E-state index contributed by atoms with van der Waals surface area (Å²) in [6.07, 6.45) is 2.47. The van der Waals surface area contributed by atoms with Crippen molar-refractivity contribution in [2.24, 2.45) is 0 Å². The van der Waals surface area contributed by atoms with Crippen molar-refractivity contribution in [3.63, 3.8) is 0 Å². The van der Waals surface area contributed by atoms with E-state index in [4.69, 9.17) is 25.6 Å². The van der Waals surface area contributed by atoms with E-state index in [1.807, 2.05) is 33.8 Å². The Kier molecular flexibility index (Phi) is 3.27. The largest absolute Gasteiger partial charge is 0.518 e. The van der Waals surface area contributed by atoms with Crippen LogP contribution in [0, 0.1) is 0 Å². The van der Waals surface area contributed by atoms with Gasteiger partial charge in [-0.15, -0.1) is 0 Å². The standard InChI is InChI=1S/C14H19BClNO3/c1-13(2)14(3,4)20-15(19-13)12-10(18-9-5-6-9)7-8-11(16)17-12/h7-9H,5-6H2,1-4H3. The zero-order valence-electron chi connectivity index (χ0n) is 12.3. The molecule has 0 bridgehead atoms. The topological polar surface area (TPSA) is 40.6 Å². The molecule has 1 aliphatic carbocycles. The lowest BCUT2D eigenvalue weighted by atomic mass is 9.83. The summed E-state index contributed by atoms with van der Waals surface area (Å²) in [7, 11) is -0.549. The molecule has 3 rings (SSSR count). The Morgan fingerprint density at radius 3 is 2.35 bits per heavy atom. The molecule has 0 amide bonds. The number of hydrogen-bond acceptors (Lipinski definition) is 4. The van der Waals surface area contributed by atoms with Gasteiger partial charge in [-0.1, -0.05) is 11.6 Å². The summed E-state index contributed by atoms with van der Waals surface area (Å²) in [5.41, 5.74) is -0.181. The van der Waals surface area contributed by atoms with Crippen molar-refractivity contribution in [2.75, 3.05) is 0 Å². The molecule has 0 unspecified atom stereocenters. The van der Waals surface area contributed by atoms with Gasteiger partial charge in [0, 0.05) is 0 Å². The van der Waals surface area contributed by atoms with E-state index in [2.05, 4.69) is 4.98 Å². The summed E-state index contributed by atoms with van der Waals surface area (Å²) in [6.45, 7) is 8.05. The van der Waals surface area contributed by atoms with Crippen LogP contribution in [0.4, 0.5) is 0 Å². The number of hydrogen-bond donors (Lipinski definition) is 0. The summed E-state index contributed by atoms with van der Waals surface area (Å²) in [5, 5.41) is 0.415. The predicted octanol–water partition coefficient (Wildman–Crippen LogP) is 2.58. The van der Waals surface area contributed by atoms with Gasteiger partial charge in [-0.25, -0.2) is 4.98 Å². The van der Waals surface area contributed by atoms with Crippen LogP contribution in [0.25, 0.3) is 0 Å². The molecule has 108 valence electrons. The lowest BCUT2D eigenvalue weighted by Crippen LogP contribution is -2.41. The molecule has 2 fully saturated rings. The number of aromatic nitrogens is 1. The Labute approximate surface area is 124 Å². The highest BCUT2D eigenvalue weighted by Gasteiger charge is 2.53. The smallest absolute Gasteiger partial charge is 0.489 e. The lowest BCUT2D eigenvalue weighted by Gasteiger charge is -2.32. The molecule has 1 aromatic rings. The number of rotatable bonds is 3. The van der Waals surface area contributed by atoms with Crippen LogP contribution >= 0.6 is 11.6 Å². The fourth-order valence-corrected chi connectivity index (χ4v) is 2.18. The lowest BCUT2D eigenvalue weighted by molar-refractivity contribution is 0.00578. The quantitative estimate of drug-likeness (QED) is 0.635. The second-order valence-electron chi connectivity index (χ2n) is 6.42. The molecule has 2 aliphatic rings. The molecule has 20 heavy (non-hydrogen) atoms.